The van der Waals surface area contributed by atoms with E-state index in [0.29, 0.717) is 37.1 Å². The Morgan fingerprint density at radius 2 is 1.77 bits per heavy atom. The lowest BCUT2D eigenvalue weighted by Gasteiger charge is -2.47. The van der Waals surface area contributed by atoms with Gasteiger partial charge in [0.05, 0.1) is 0 Å². The predicted molar refractivity (Wildman–Crippen MR) is 152 cm³/mol. The van der Waals surface area contributed by atoms with Crippen LogP contribution in [0, 0.1) is 11.3 Å². The second kappa shape index (κ2) is 10.6. The fraction of sp³-hybridized carbons (Fsp3) is 0.433. The molecule has 2 aliphatic rings. The predicted octanol–water partition coefficient (Wildman–Crippen LogP) is 3.93. The Hall–Kier alpha value is -4.01. The van der Waals surface area contributed by atoms with Crippen molar-refractivity contribution in [3.05, 3.63) is 71.2 Å². The van der Waals surface area contributed by atoms with Crippen molar-refractivity contribution in [2.75, 3.05) is 31.5 Å². The van der Waals surface area contributed by atoms with Crippen molar-refractivity contribution in [1.82, 2.24) is 24.3 Å². The molecule has 1 aromatic carbocycles. The Morgan fingerprint density at radius 3 is 2.41 bits per heavy atom. The van der Waals surface area contributed by atoms with E-state index in [1.807, 2.05) is 17.0 Å². The van der Waals surface area contributed by atoms with Gasteiger partial charge in [0.15, 0.2) is 0 Å². The Bertz CT molecular complexity index is 1450. The number of rotatable bonds is 7. The highest BCUT2D eigenvalue weighted by Crippen LogP contribution is 2.36. The molecule has 5 rings (SSSR count). The zero-order valence-corrected chi connectivity index (χ0v) is 22.9. The summed E-state index contributed by atoms with van der Waals surface area (Å²) in [5.41, 5.74) is 2.39. The van der Waals surface area contributed by atoms with Gasteiger partial charge in [-0.05, 0) is 54.0 Å². The number of fused-ring (bicyclic) bond motifs is 1. The van der Waals surface area contributed by atoms with E-state index in [4.69, 9.17) is 4.98 Å². The quantitative estimate of drug-likeness (QED) is 0.467. The van der Waals surface area contributed by atoms with Crippen LogP contribution in [0.4, 0.5) is 11.6 Å². The average Bonchev–Trinajstić information content (AvgIpc) is 2.89. The van der Waals surface area contributed by atoms with E-state index in [2.05, 4.69) is 42.9 Å². The fourth-order valence-electron chi connectivity index (χ4n) is 5.60. The first-order chi connectivity index (χ1) is 18.6. The van der Waals surface area contributed by atoms with Gasteiger partial charge in [-0.15, -0.1) is 0 Å². The molecule has 0 aliphatic carbocycles. The number of likely N-dealkylation sites (tertiary alicyclic amines) is 2. The van der Waals surface area contributed by atoms with Gasteiger partial charge >= 0.3 is 0 Å². The van der Waals surface area contributed by atoms with Crippen LogP contribution in [0.25, 0.3) is 11.0 Å². The standard InChI is InChI=1S/C30H36N6O3/c1-5-26(38)35-17-24(18-35)30(3,4)19-36-27(39)11-8-23-16-31-29(33-28(23)36)32-25-9-6-21(7-10-25)22-12-14-34(15-13-22)20(2)37/h5-11,16,22,24H,1,12-15,17-19H2,2-4H3,(H,31,32,33). The number of pyridine rings is 1. The number of hydrogen-bond acceptors (Lipinski definition) is 6. The first kappa shape index (κ1) is 26.6. The largest absolute Gasteiger partial charge is 0.343 e. The fourth-order valence-corrected chi connectivity index (χ4v) is 5.60. The van der Waals surface area contributed by atoms with E-state index in [9.17, 15) is 14.4 Å². The molecule has 0 atom stereocenters. The molecule has 204 valence electrons. The number of piperidine rings is 1. The topological polar surface area (TPSA) is 100 Å². The van der Waals surface area contributed by atoms with Crippen LogP contribution in [-0.4, -0.2) is 62.3 Å². The molecule has 2 fully saturated rings. The third-order valence-corrected chi connectivity index (χ3v) is 8.34. The summed E-state index contributed by atoms with van der Waals surface area (Å²) in [7, 11) is 0. The monoisotopic (exact) mass is 528 g/mol. The number of nitrogens with one attached hydrogen (secondary N) is 1. The number of carbonyl (C=O) groups excluding carboxylic acids is 2. The van der Waals surface area contributed by atoms with Crippen LogP contribution in [0.1, 0.15) is 45.1 Å². The summed E-state index contributed by atoms with van der Waals surface area (Å²) in [6, 6.07) is 11.6. The Morgan fingerprint density at radius 1 is 1.08 bits per heavy atom. The van der Waals surface area contributed by atoms with Crippen molar-refractivity contribution in [3.63, 3.8) is 0 Å². The lowest BCUT2D eigenvalue weighted by molar-refractivity contribution is -0.135. The van der Waals surface area contributed by atoms with Crippen LogP contribution in [0.5, 0.6) is 0 Å². The molecule has 0 spiro atoms. The molecule has 9 heteroatoms. The SMILES string of the molecule is C=CC(=O)N1CC(C(C)(C)Cn2c(=O)ccc3cnc(Nc4ccc(C5CCN(C(C)=O)CC5)cc4)nc32)C1. The van der Waals surface area contributed by atoms with Crippen molar-refractivity contribution >= 4 is 34.5 Å². The third kappa shape index (κ3) is 5.57. The highest BCUT2D eigenvalue weighted by atomic mass is 16.2. The molecule has 0 unspecified atom stereocenters. The first-order valence-corrected chi connectivity index (χ1v) is 13.5. The lowest BCUT2D eigenvalue weighted by Crippen LogP contribution is -2.56. The van der Waals surface area contributed by atoms with Crippen LogP contribution in [0.2, 0.25) is 0 Å². The molecule has 2 saturated heterocycles. The van der Waals surface area contributed by atoms with E-state index in [0.717, 1.165) is 37.0 Å². The third-order valence-electron chi connectivity index (χ3n) is 8.34. The zero-order chi connectivity index (χ0) is 27.7. The molecule has 0 saturated carbocycles. The second-order valence-corrected chi connectivity index (χ2v) is 11.4. The van der Waals surface area contributed by atoms with Gasteiger partial charge in [-0.3, -0.25) is 19.0 Å². The Labute approximate surface area is 228 Å². The van der Waals surface area contributed by atoms with Gasteiger partial charge in [0.1, 0.15) is 5.65 Å². The number of anilines is 2. The molecule has 2 aliphatic heterocycles. The zero-order valence-electron chi connectivity index (χ0n) is 22.9. The molecule has 0 radical (unpaired) electrons. The lowest BCUT2D eigenvalue weighted by atomic mass is 9.74. The van der Waals surface area contributed by atoms with Crippen LogP contribution in [-0.2, 0) is 16.1 Å². The van der Waals surface area contributed by atoms with Crippen LogP contribution in [0.15, 0.2) is 60.0 Å². The highest BCUT2D eigenvalue weighted by molar-refractivity contribution is 5.87. The van der Waals surface area contributed by atoms with Gasteiger partial charge in [0, 0.05) is 68.9 Å². The second-order valence-electron chi connectivity index (χ2n) is 11.4. The van der Waals surface area contributed by atoms with E-state index in [1.54, 1.807) is 34.7 Å². The normalized spacial score (nSPS) is 16.7. The summed E-state index contributed by atoms with van der Waals surface area (Å²) in [4.78, 5) is 49.4. The first-order valence-electron chi connectivity index (χ1n) is 13.5. The molecular weight excluding hydrogens is 492 g/mol. The maximum atomic E-state index is 13.0. The molecule has 4 heterocycles. The average molecular weight is 529 g/mol. The maximum absolute atomic E-state index is 13.0. The van der Waals surface area contributed by atoms with Gasteiger partial charge in [-0.25, -0.2) is 4.98 Å². The van der Waals surface area contributed by atoms with Crippen LogP contribution in [0.3, 0.4) is 0 Å². The summed E-state index contributed by atoms with van der Waals surface area (Å²) in [5, 5.41) is 4.08. The smallest absolute Gasteiger partial charge is 0.252 e. The molecular formula is C30H36N6O3. The van der Waals surface area contributed by atoms with E-state index < -0.39 is 0 Å². The Kier molecular flexibility index (Phi) is 7.25. The van der Waals surface area contributed by atoms with E-state index >= 15 is 0 Å². The van der Waals surface area contributed by atoms with Gasteiger partial charge in [0.25, 0.3) is 5.56 Å². The van der Waals surface area contributed by atoms with Gasteiger partial charge in [-0.1, -0.05) is 32.6 Å². The minimum Gasteiger partial charge on any atom is -0.343 e. The molecule has 3 aromatic rings. The highest BCUT2D eigenvalue weighted by Gasteiger charge is 2.40. The molecule has 0 bridgehead atoms. The van der Waals surface area contributed by atoms with Crippen molar-refractivity contribution in [1.29, 1.82) is 0 Å². The number of carbonyl (C=O) groups is 2. The summed E-state index contributed by atoms with van der Waals surface area (Å²) in [6.45, 7) is 12.9. The summed E-state index contributed by atoms with van der Waals surface area (Å²) in [5.74, 6) is 1.23. The number of benzene rings is 1. The van der Waals surface area contributed by atoms with Crippen molar-refractivity contribution in [2.45, 2.75) is 46.1 Å². The summed E-state index contributed by atoms with van der Waals surface area (Å²) >= 11 is 0. The maximum Gasteiger partial charge on any atom is 0.252 e. The van der Waals surface area contributed by atoms with Crippen molar-refractivity contribution < 1.29 is 9.59 Å². The number of aromatic nitrogens is 3. The minimum absolute atomic E-state index is 0.0563. The Balaban J connectivity index is 1.31. The van der Waals surface area contributed by atoms with Crippen molar-refractivity contribution in [3.8, 4) is 0 Å². The van der Waals surface area contributed by atoms with E-state index in [1.165, 1.54) is 11.6 Å². The van der Waals surface area contributed by atoms with Crippen LogP contribution < -0.4 is 10.9 Å². The minimum atomic E-state index is -0.217. The van der Waals surface area contributed by atoms with Gasteiger partial charge in [-0.2, -0.15) is 4.98 Å². The number of hydrogen-bond donors (Lipinski definition) is 1. The van der Waals surface area contributed by atoms with Gasteiger partial charge in [0.2, 0.25) is 17.8 Å². The molecule has 39 heavy (non-hydrogen) atoms. The number of amides is 2. The van der Waals surface area contributed by atoms with E-state index in [-0.39, 0.29) is 28.7 Å². The molecule has 2 aromatic heterocycles. The molecule has 9 nitrogen and oxygen atoms in total. The molecule has 2 amide bonds. The summed E-state index contributed by atoms with van der Waals surface area (Å²) in [6.07, 6.45) is 5.02. The van der Waals surface area contributed by atoms with Crippen molar-refractivity contribution in [2.24, 2.45) is 11.3 Å². The van der Waals surface area contributed by atoms with Gasteiger partial charge < -0.3 is 15.1 Å². The summed E-state index contributed by atoms with van der Waals surface area (Å²) < 4.78 is 1.72. The number of nitrogens with zero attached hydrogens (tertiary/aromatic N) is 5. The van der Waals surface area contributed by atoms with Crippen LogP contribution >= 0.6 is 0 Å². The molecule has 1 N–H and O–H groups in total.